The summed E-state index contributed by atoms with van der Waals surface area (Å²) in [5.41, 5.74) is 4.53. The molecule has 0 saturated carbocycles. The average molecular weight is 442 g/mol. The van der Waals surface area contributed by atoms with E-state index in [9.17, 15) is 14.9 Å². The standard InChI is InChI=1S/C25H16ClN3O3/c26-22-14-11-20(29(31)32)15-19(22)10-13-21(30)12-7-17-5-8-18(9-6-17)25-16-27-23-3-1-2-4-24(23)28-25/h1-16H. The number of benzene rings is 3. The quantitative estimate of drug-likeness (QED) is 0.203. The molecule has 0 radical (unpaired) electrons. The van der Waals surface area contributed by atoms with Gasteiger partial charge < -0.3 is 0 Å². The zero-order valence-electron chi connectivity index (χ0n) is 16.7. The molecule has 32 heavy (non-hydrogen) atoms. The van der Waals surface area contributed by atoms with Crippen molar-refractivity contribution in [1.29, 1.82) is 0 Å². The Hall–Kier alpha value is -4.16. The van der Waals surface area contributed by atoms with E-state index in [0.29, 0.717) is 10.6 Å². The first kappa shape index (κ1) is 21.1. The molecule has 156 valence electrons. The summed E-state index contributed by atoms with van der Waals surface area (Å²) in [4.78, 5) is 31.6. The van der Waals surface area contributed by atoms with Gasteiger partial charge >= 0.3 is 0 Å². The van der Waals surface area contributed by atoms with Crippen molar-refractivity contribution in [2.45, 2.75) is 0 Å². The van der Waals surface area contributed by atoms with Gasteiger partial charge in [0.2, 0.25) is 0 Å². The fourth-order valence-corrected chi connectivity index (χ4v) is 3.22. The Morgan fingerprint density at radius 1 is 0.938 bits per heavy atom. The molecule has 0 atom stereocenters. The Balaban J connectivity index is 1.45. The molecule has 0 aliphatic heterocycles. The smallest absolute Gasteiger partial charge is 0.270 e. The molecule has 1 aromatic heterocycles. The van der Waals surface area contributed by atoms with Crippen molar-refractivity contribution in [2.75, 3.05) is 0 Å². The maximum atomic E-state index is 12.2. The number of hydrogen-bond acceptors (Lipinski definition) is 5. The largest absolute Gasteiger partial charge is 0.290 e. The minimum Gasteiger partial charge on any atom is -0.290 e. The summed E-state index contributed by atoms with van der Waals surface area (Å²) < 4.78 is 0. The molecule has 1 heterocycles. The maximum absolute atomic E-state index is 12.2. The van der Waals surface area contributed by atoms with Crippen molar-refractivity contribution in [2.24, 2.45) is 0 Å². The number of halogens is 1. The summed E-state index contributed by atoms with van der Waals surface area (Å²) in [6.07, 6.45) is 7.63. The summed E-state index contributed by atoms with van der Waals surface area (Å²) in [6, 6.07) is 19.4. The van der Waals surface area contributed by atoms with E-state index < -0.39 is 4.92 Å². The third-order valence-electron chi connectivity index (χ3n) is 4.71. The zero-order valence-corrected chi connectivity index (χ0v) is 17.4. The van der Waals surface area contributed by atoms with E-state index in [2.05, 4.69) is 9.97 Å². The van der Waals surface area contributed by atoms with E-state index in [4.69, 9.17) is 11.6 Å². The molecule has 4 aromatic rings. The number of nitro benzene ring substituents is 1. The number of nitro groups is 1. The molecular weight excluding hydrogens is 426 g/mol. The van der Waals surface area contributed by atoms with Gasteiger partial charge in [0.15, 0.2) is 5.78 Å². The number of aromatic nitrogens is 2. The van der Waals surface area contributed by atoms with E-state index in [-0.39, 0.29) is 11.5 Å². The van der Waals surface area contributed by atoms with Crippen molar-refractivity contribution in [1.82, 2.24) is 9.97 Å². The average Bonchev–Trinajstić information content (AvgIpc) is 2.82. The number of ketones is 1. The fraction of sp³-hybridized carbons (Fsp3) is 0. The maximum Gasteiger partial charge on any atom is 0.270 e. The summed E-state index contributed by atoms with van der Waals surface area (Å²) in [7, 11) is 0. The molecule has 4 rings (SSSR count). The lowest BCUT2D eigenvalue weighted by molar-refractivity contribution is -0.384. The first-order valence-electron chi connectivity index (χ1n) is 9.66. The second kappa shape index (κ2) is 9.32. The van der Waals surface area contributed by atoms with Crippen molar-refractivity contribution in [3.05, 3.63) is 111 Å². The van der Waals surface area contributed by atoms with E-state index >= 15 is 0 Å². The van der Waals surface area contributed by atoms with Gasteiger partial charge in [-0.15, -0.1) is 0 Å². The van der Waals surface area contributed by atoms with E-state index in [1.54, 1.807) is 12.3 Å². The molecule has 3 aromatic carbocycles. The van der Waals surface area contributed by atoms with Crippen LogP contribution in [0.2, 0.25) is 5.02 Å². The van der Waals surface area contributed by atoms with Crippen LogP contribution in [-0.4, -0.2) is 20.7 Å². The molecular formula is C25H16ClN3O3. The van der Waals surface area contributed by atoms with Crippen LogP contribution in [0.3, 0.4) is 0 Å². The predicted molar refractivity (Wildman–Crippen MR) is 126 cm³/mol. The molecule has 0 N–H and O–H groups in total. The van der Waals surface area contributed by atoms with Crippen LogP contribution in [0.5, 0.6) is 0 Å². The van der Waals surface area contributed by atoms with Gasteiger partial charge in [-0.3, -0.25) is 19.9 Å². The number of carbonyl (C=O) groups excluding carboxylic acids is 1. The number of nitrogens with zero attached hydrogens (tertiary/aromatic N) is 3. The number of hydrogen-bond donors (Lipinski definition) is 0. The first-order valence-corrected chi connectivity index (χ1v) is 10.0. The highest BCUT2D eigenvalue weighted by Gasteiger charge is 2.08. The minimum absolute atomic E-state index is 0.0896. The molecule has 6 nitrogen and oxygen atoms in total. The fourth-order valence-electron chi connectivity index (χ4n) is 3.04. The molecule has 0 aliphatic rings. The van der Waals surface area contributed by atoms with Gasteiger partial charge in [-0.05, 0) is 47.6 Å². The summed E-state index contributed by atoms with van der Waals surface area (Å²) in [5, 5.41) is 11.2. The van der Waals surface area contributed by atoms with Crippen molar-refractivity contribution >= 4 is 46.3 Å². The van der Waals surface area contributed by atoms with Crippen molar-refractivity contribution in [3.63, 3.8) is 0 Å². The predicted octanol–water partition coefficient (Wildman–Crippen LogP) is 6.15. The molecule has 0 amide bonds. The molecule has 0 unspecified atom stereocenters. The van der Waals surface area contributed by atoms with E-state index in [1.165, 1.54) is 36.4 Å². The van der Waals surface area contributed by atoms with Gasteiger partial charge in [0.25, 0.3) is 5.69 Å². The van der Waals surface area contributed by atoms with Crippen molar-refractivity contribution in [3.8, 4) is 11.3 Å². The number of carbonyl (C=O) groups is 1. The van der Waals surface area contributed by atoms with Crippen molar-refractivity contribution < 1.29 is 9.72 Å². The number of rotatable bonds is 6. The first-order chi connectivity index (χ1) is 15.5. The van der Waals surface area contributed by atoms with Crippen LogP contribution in [0.25, 0.3) is 34.4 Å². The van der Waals surface area contributed by atoms with Crippen LogP contribution in [0.1, 0.15) is 11.1 Å². The molecule has 0 spiro atoms. The highest BCUT2D eigenvalue weighted by Crippen LogP contribution is 2.23. The van der Waals surface area contributed by atoms with Crippen LogP contribution in [-0.2, 0) is 4.79 Å². The normalized spacial score (nSPS) is 11.4. The molecule has 0 bridgehead atoms. The number of para-hydroxylation sites is 2. The van der Waals surface area contributed by atoms with Gasteiger partial charge in [-0.2, -0.15) is 0 Å². The van der Waals surface area contributed by atoms with Crippen LogP contribution in [0, 0.1) is 10.1 Å². The molecule has 0 saturated heterocycles. The topological polar surface area (TPSA) is 86.0 Å². The van der Waals surface area contributed by atoms with E-state index in [0.717, 1.165) is 27.9 Å². The molecule has 0 fully saturated rings. The van der Waals surface area contributed by atoms with Crippen LogP contribution < -0.4 is 0 Å². The lowest BCUT2D eigenvalue weighted by atomic mass is 10.1. The van der Waals surface area contributed by atoms with Crippen LogP contribution in [0.4, 0.5) is 5.69 Å². The number of allylic oxidation sites excluding steroid dienone is 2. The third-order valence-corrected chi connectivity index (χ3v) is 5.06. The zero-order chi connectivity index (χ0) is 22.5. The highest BCUT2D eigenvalue weighted by atomic mass is 35.5. The highest BCUT2D eigenvalue weighted by molar-refractivity contribution is 6.32. The Labute approximate surface area is 188 Å². The van der Waals surface area contributed by atoms with Gasteiger partial charge in [-0.1, -0.05) is 54.1 Å². The second-order valence-electron chi connectivity index (χ2n) is 6.90. The Morgan fingerprint density at radius 3 is 2.41 bits per heavy atom. The SMILES string of the molecule is O=C(C=Cc1ccc(-c2cnc3ccccc3n2)cc1)C=Cc1cc([N+](=O)[O-])ccc1Cl. The van der Waals surface area contributed by atoms with Gasteiger partial charge in [0.05, 0.1) is 27.8 Å². The molecule has 0 aliphatic carbocycles. The molecule has 7 heteroatoms. The summed E-state index contributed by atoms with van der Waals surface area (Å²) >= 11 is 6.04. The van der Waals surface area contributed by atoms with Crippen LogP contribution in [0.15, 0.2) is 85.1 Å². The lowest BCUT2D eigenvalue weighted by Gasteiger charge is -2.03. The minimum atomic E-state index is -0.511. The third kappa shape index (κ3) is 4.94. The number of non-ortho nitro benzene ring substituents is 1. The van der Waals surface area contributed by atoms with Gasteiger partial charge in [0, 0.05) is 22.7 Å². The Bertz CT molecular complexity index is 1380. The summed E-state index contributed by atoms with van der Waals surface area (Å²) in [6.45, 7) is 0. The van der Waals surface area contributed by atoms with Gasteiger partial charge in [-0.25, -0.2) is 4.98 Å². The lowest BCUT2D eigenvalue weighted by Crippen LogP contribution is -1.90. The van der Waals surface area contributed by atoms with E-state index in [1.807, 2.05) is 48.5 Å². The number of fused-ring (bicyclic) bond motifs is 1. The Morgan fingerprint density at radius 2 is 1.66 bits per heavy atom. The Kier molecular flexibility index (Phi) is 6.14. The van der Waals surface area contributed by atoms with Crippen LogP contribution >= 0.6 is 11.6 Å². The van der Waals surface area contributed by atoms with Gasteiger partial charge in [0.1, 0.15) is 0 Å². The summed E-state index contributed by atoms with van der Waals surface area (Å²) in [5.74, 6) is -0.267. The second-order valence-corrected chi connectivity index (χ2v) is 7.31. The monoisotopic (exact) mass is 441 g/mol.